The summed E-state index contributed by atoms with van der Waals surface area (Å²) in [6.45, 7) is 1.32. The van der Waals surface area contributed by atoms with E-state index < -0.39 is 22.6 Å². The van der Waals surface area contributed by atoms with E-state index in [-0.39, 0.29) is 16.3 Å². The maximum atomic E-state index is 13.0. The largest absolute Gasteiger partial charge is 0.482 e. The number of carboxylic acid groups (broad SMARTS) is 1. The molecule has 1 aromatic heterocycles. The van der Waals surface area contributed by atoms with Crippen LogP contribution in [0.5, 0.6) is 5.75 Å². The minimum absolute atomic E-state index is 0.100. The van der Waals surface area contributed by atoms with Crippen LogP contribution in [-0.2, 0) is 14.8 Å². The molecule has 0 unspecified atom stereocenters. The Morgan fingerprint density at radius 1 is 1.00 bits per heavy atom. The number of benzene rings is 3. The summed E-state index contributed by atoms with van der Waals surface area (Å²) in [5.74, 6) is -0.924. The summed E-state index contributed by atoms with van der Waals surface area (Å²) in [6.07, 6.45) is 3.75. The lowest BCUT2D eigenvalue weighted by molar-refractivity contribution is -0.139. The number of anilines is 1. The highest BCUT2D eigenvalue weighted by Crippen LogP contribution is 2.30. The number of aromatic nitrogens is 1. The number of fused-ring (bicyclic) bond motifs is 1. The molecule has 0 fully saturated rings. The molecule has 0 spiro atoms. The molecule has 172 valence electrons. The number of nitrogens with zero attached hydrogens (tertiary/aromatic N) is 1. The van der Waals surface area contributed by atoms with Gasteiger partial charge in [0.25, 0.3) is 10.0 Å². The monoisotopic (exact) mass is 474 g/mol. The molecule has 0 amide bonds. The second-order valence-corrected chi connectivity index (χ2v) is 9.31. The van der Waals surface area contributed by atoms with E-state index >= 15 is 0 Å². The number of nitrogens with one attached hydrogen (secondary N) is 1. The zero-order chi connectivity index (χ0) is 24.1. The van der Waals surface area contributed by atoms with Crippen molar-refractivity contribution in [2.75, 3.05) is 11.3 Å². The number of hydrogen-bond acceptors (Lipinski definition) is 5. The van der Waals surface area contributed by atoms with E-state index in [0.29, 0.717) is 16.6 Å². The van der Waals surface area contributed by atoms with E-state index in [0.717, 1.165) is 11.1 Å². The number of aryl methyl sites for hydroxylation is 1. The molecular formula is C26H22N2O5S. The van der Waals surface area contributed by atoms with Crippen LogP contribution in [0.1, 0.15) is 16.8 Å². The van der Waals surface area contributed by atoms with Gasteiger partial charge in [0.2, 0.25) is 0 Å². The molecule has 0 bridgehead atoms. The Balaban J connectivity index is 1.76. The fourth-order valence-corrected chi connectivity index (χ4v) is 4.35. The second-order valence-electron chi connectivity index (χ2n) is 7.62. The van der Waals surface area contributed by atoms with Crippen molar-refractivity contribution in [1.29, 1.82) is 0 Å². The van der Waals surface area contributed by atoms with Crippen LogP contribution in [0, 0.1) is 6.92 Å². The Morgan fingerprint density at radius 2 is 1.74 bits per heavy atom. The number of sulfonamides is 1. The maximum Gasteiger partial charge on any atom is 0.341 e. The molecule has 0 atom stereocenters. The molecular weight excluding hydrogens is 452 g/mol. The minimum atomic E-state index is -3.92. The van der Waals surface area contributed by atoms with Gasteiger partial charge >= 0.3 is 5.97 Å². The minimum Gasteiger partial charge on any atom is -0.482 e. The summed E-state index contributed by atoms with van der Waals surface area (Å²) in [4.78, 5) is 15.7. The molecule has 0 radical (unpaired) electrons. The molecule has 1 heterocycles. The van der Waals surface area contributed by atoms with Crippen molar-refractivity contribution in [1.82, 2.24) is 4.98 Å². The molecule has 4 rings (SSSR count). The summed E-state index contributed by atoms with van der Waals surface area (Å²) in [5, 5.41) is 9.55. The van der Waals surface area contributed by atoms with Crippen molar-refractivity contribution in [3.05, 3.63) is 95.7 Å². The highest BCUT2D eigenvalue weighted by atomic mass is 32.2. The predicted molar refractivity (Wildman–Crippen MR) is 132 cm³/mol. The van der Waals surface area contributed by atoms with Crippen LogP contribution in [0.15, 0.2) is 83.8 Å². The van der Waals surface area contributed by atoms with Gasteiger partial charge in [-0.05, 0) is 42.8 Å². The number of aliphatic carboxylic acids is 1. The van der Waals surface area contributed by atoms with Gasteiger partial charge in [0.1, 0.15) is 5.75 Å². The molecule has 34 heavy (non-hydrogen) atoms. The van der Waals surface area contributed by atoms with Crippen LogP contribution in [0.3, 0.4) is 0 Å². The van der Waals surface area contributed by atoms with Crippen LogP contribution >= 0.6 is 0 Å². The first-order valence-corrected chi connectivity index (χ1v) is 11.9. The highest BCUT2D eigenvalue weighted by molar-refractivity contribution is 7.92. The average molecular weight is 475 g/mol. The zero-order valence-electron chi connectivity index (χ0n) is 18.3. The lowest BCUT2D eigenvalue weighted by atomic mass is 10.1. The third kappa shape index (κ3) is 5.60. The standard InChI is InChI=1S/C26H22N2O5S/c1-18-7-13-23(14-8-18)34(31,32)28-24-16-22(33-17-25(29)30)15-20-10-12-21(27-26(20)24)11-9-19-5-3-2-4-6-19/h2-16,28H,17H2,1H3,(H,29,30)/b11-9+. The molecule has 3 aromatic carbocycles. The second kappa shape index (κ2) is 9.76. The van der Waals surface area contributed by atoms with Crippen LogP contribution in [0.4, 0.5) is 5.69 Å². The Hall–Kier alpha value is -4.17. The molecule has 0 aliphatic carbocycles. The van der Waals surface area contributed by atoms with E-state index in [2.05, 4.69) is 9.71 Å². The van der Waals surface area contributed by atoms with Gasteiger partial charge in [-0.25, -0.2) is 18.2 Å². The summed E-state index contributed by atoms with van der Waals surface area (Å²) in [7, 11) is -3.92. The van der Waals surface area contributed by atoms with Gasteiger partial charge in [-0.15, -0.1) is 0 Å². The third-order valence-electron chi connectivity index (χ3n) is 4.97. The molecule has 2 N–H and O–H groups in total. The summed E-state index contributed by atoms with van der Waals surface area (Å²) in [6, 6.07) is 22.8. The SMILES string of the molecule is Cc1ccc(S(=O)(=O)Nc2cc(OCC(=O)O)cc3ccc(/C=C/c4ccccc4)nc23)cc1. The fraction of sp³-hybridized carbons (Fsp3) is 0.0769. The van der Waals surface area contributed by atoms with Crippen molar-refractivity contribution in [2.45, 2.75) is 11.8 Å². The summed E-state index contributed by atoms with van der Waals surface area (Å²) in [5.41, 5.74) is 3.17. The van der Waals surface area contributed by atoms with Crippen molar-refractivity contribution in [2.24, 2.45) is 0 Å². The fourth-order valence-electron chi connectivity index (χ4n) is 3.29. The lowest BCUT2D eigenvalue weighted by Gasteiger charge is -2.13. The maximum absolute atomic E-state index is 13.0. The number of carbonyl (C=O) groups is 1. The summed E-state index contributed by atoms with van der Waals surface area (Å²) < 4.78 is 34.0. The highest BCUT2D eigenvalue weighted by Gasteiger charge is 2.17. The molecule has 0 saturated carbocycles. The normalized spacial score (nSPS) is 11.6. The smallest absolute Gasteiger partial charge is 0.341 e. The quantitative estimate of drug-likeness (QED) is 0.373. The lowest BCUT2D eigenvalue weighted by Crippen LogP contribution is -2.14. The number of pyridine rings is 1. The van der Waals surface area contributed by atoms with Crippen LogP contribution < -0.4 is 9.46 Å². The molecule has 8 heteroatoms. The first-order chi connectivity index (χ1) is 16.3. The molecule has 4 aromatic rings. The van der Waals surface area contributed by atoms with E-state index in [1.807, 2.05) is 49.4 Å². The molecule has 0 aliphatic rings. The number of ether oxygens (including phenoxy) is 1. The molecule has 0 aliphatic heterocycles. The number of rotatable bonds is 8. The van der Waals surface area contributed by atoms with Crippen molar-refractivity contribution in [3.8, 4) is 5.75 Å². The van der Waals surface area contributed by atoms with E-state index in [1.54, 1.807) is 30.3 Å². The van der Waals surface area contributed by atoms with Crippen molar-refractivity contribution >= 4 is 44.7 Å². The van der Waals surface area contributed by atoms with E-state index in [4.69, 9.17) is 9.84 Å². The van der Waals surface area contributed by atoms with Crippen molar-refractivity contribution < 1.29 is 23.1 Å². The van der Waals surface area contributed by atoms with Crippen LogP contribution in [-0.4, -0.2) is 31.1 Å². The van der Waals surface area contributed by atoms with Gasteiger partial charge in [-0.2, -0.15) is 0 Å². The Bertz CT molecular complexity index is 1460. The molecule has 7 nitrogen and oxygen atoms in total. The first-order valence-electron chi connectivity index (χ1n) is 10.4. The van der Waals surface area contributed by atoms with Crippen LogP contribution in [0.2, 0.25) is 0 Å². The van der Waals surface area contributed by atoms with Gasteiger partial charge in [-0.1, -0.05) is 60.2 Å². The van der Waals surface area contributed by atoms with Crippen LogP contribution in [0.25, 0.3) is 23.1 Å². The van der Waals surface area contributed by atoms with E-state index in [1.165, 1.54) is 18.2 Å². The number of hydrogen-bond donors (Lipinski definition) is 2. The Morgan fingerprint density at radius 3 is 2.44 bits per heavy atom. The van der Waals surface area contributed by atoms with E-state index in [9.17, 15) is 13.2 Å². The topological polar surface area (TPSA) is 106 Å². The third-order valence-corrected chi connectivity index (χ3v) is 6.35. The summed E-state index contributed by atoms with van der Waals surface area (Å²) >= 11 is 0. The Labute approximate surface area is 197 Å². The van der Waals surface area contributed by atoms with Gasteiger partial charge in [0.15, 0.2) is 6.61 Å². The van der Waals surface area contributed by atoms with Gasteiger partial charge in [0, 0.05) is 11.5 Å². The molecule has 0 saturated heterocycles. The number of carboxylic acids is 1. The zero-order valence-corrected chi connectivity index (χ0v) is 19.1. The van der Waals surface area contributed by atoms with Gasteiger partial charge in [0.05, 0.1) is 21.8 Å². The Kier molecular flexibility index (Phi) is 6.60. The van der Waals surface area contributed by atoms with Gasteiger partial charge in [-0.3, -0.25) is 4.72 Å². The predicted octanol–water partition coefficient (Wildman–Crippen LogP) is 4.98. The average Bonchev–Trinajstić information content (AvgIpc) is 2.82. The van der Waals surface area contributed by atoms with Gasteiger partial charge < -0.3 is 9.84 Å². The first kappa shape index (κ1) is 23.0. The van der Waals surface area contributed by atoms with Crippen molar-refractivity contribution in [3.63, 3.8) is 0 Å².